The van der Waals surface area contributed by atoms with Gasteiger partial charge in [0.1, 0.15) is 6.10 Å². The molecule has 0 bridgehead atoms. The number of rotatable bonds is 2. The Hall–Kier alpha value is -2.02. The molecular weight excluding hydrogens is 432 g/mol. The number of hydrogen-bond donors (Lipinski definition) is 1. The van der Waals surface area contributed by atoms with Gasteiger partial charge in [-0.25, -0.2) is 4.79 Å². The predicted octanol–water partition coefficient (Wildman–Crippen LogP) is 3.92. The molecule has 8 atom stereocenters. The zero-order valence-corrected chi connectivity index (χ0v) is 20.2. The lowest BCUT2D eigenvalue weighted by atomic mass is 9.44. The average Bonchev–Trinajstić information content (AvgIpc) is 3.49. The summed E-state index contributed by atoms with van der Waals surface area (Å²) in [7, 11) is 0. The molecule has 4 fully saturated rings. The lowest BCUT2D eigenvalue weighted by molar-refractivity contribution is -0.198. The Morgan fingerprint density at radius 3 is 2.59 bits per heavy atom. The van der Waals surface area contributed by atoms with E-state index < -0.39 is 17.3 Å². The van der Waals surface area contributed by atoms with E-state index in [9.17, 15) is 14.7 Å². The van der Waals surface area contributed by atoms with Crippen LogP contribution in [0.5, 0.6) is 0 Å². The van der Waals surface area contributed by atoms with Crippen molar-refractivity contribution in [3.63, 3.8) is 0 Å². The predicted molar refractivity (Wildman–Crippen MR) is 124 cm³/mol. The molecule has 4 aliphatic carbocycles. The number of hydrogen-bond acceptors (Lipinski definition) is 6. The summed E-state index contributed by atoms with van der Waals surface area (Å²) in [6.45, 7) is 7.44. The van der Waals surface area contributed by atoms with Crippen molar-refractivity contribution >= 4 is 11.8 Å². The fraction of sp³-hybridized carbons (Fsp3) is 0.643. The van der Waals surface area contributed by atoms with Crippen LogP contribution in [0.1, 0.15) is 56.8 Å². The zero-order chi connectivity index (χ0) is 23.9. The Morgan fingerprint density at radius 2 is 1.88 bits per heavy atom. The number of esters is 1. The lowest BCUT2D eigenvalue weighted by Gasteiger charge is -2.60. The number of aliphatic hydroxyl groups is 1. The van der Waals surface area contributed by atoms with Gasteiger partial charge in [0, 0.05) is 12.3 Å². The molecule has 182 valence electrons. The Bertz CT molecular complexity index is 1040. The number of fused-ring (bicyclic) bond motifs is 3. The minimum Gasteiger partial charge on any atom is -0.458 e. The van der Waals surface area contributed by atoms with Crippen LogP contribution in [0, 0.1) is 34.5 Å². The van der Waals surface area contributed by atoms with Gasteiger partial charge in [0.15, 0.2) is 11.6 Å². The molecule has 3 unspecified atom stereocenters. The van der Waals surface area contributed by atoms with Crippen molar-refractivity contribution in [3.8, 4) is 0 Å². The van der Waals surface area contributed by atoms with Crippen LogP contribution in [0.25, 0.3) is 0 Å². The summed E-state index contributed by atoms with van der Waals surface area (Å²) in [5, 5.41) is 11.7. The molecule has 1 aliphatic heterocycles. The summed E-state index contributed by atoms with van der Waals surface area (Å²) in [6.07, 6.45) is 3.47. The van der Waals surface area contributed by atoms with E-state index in [-0.39, 0.29) is 46.9 Å². The number of carbonyl (C=O) groups excluding carboxylic acids is 2. The fourth-order valence-electron chi connectivity index (χ4n) is 8.77. The molecule has 1 N–H and O–H groups in total. The summed E-state index contributed by atoms with van der Waals surface area (Å²) in [5.74, 6) is -1.17. The van der Waals surface area contributed by atoms with Crippen molar-refractivity contribution in [2.24, 2.45) is 34.5 Å². The van der Waals surface area contributed by atoms with Gasteiger partial charge >= 0.3 is 5.97 Å². The highest BCUT2D eigenvalue weighted by atomic mass is 16.7. The molecule has 0 aromatic heterocycles. The van der Waals surface area contributed by atoms with Gasteiger partial charge in [-0.2, -0.15) is 0 Å². The quantitative estimate of drug-likeness (QED) is 0.666. The largest absolute Gasteiger partial charge is 0.458 e. The topological polar surface area (TPSA) is 82.1 Å². The Kier molecular flexibility index (Phi) is 4.94. The Morgan fingerprint density at radius 1 is 1.18 bits per heavy atom. The van der Waals surface area contributed by atoms with Gasteiger partial charge in [0.05, 0.1) is 30.3 Å². The Balaban J connectivity index is 1.33. The highest BCUT2D eigenvalue weighted by Gasteiger charge is 2.78. The van der Waals surface area contributed by atoms with E-state index in [0.717, 1.165) is 18.4 Å². The molecule has 34 heavy (non-hydrogen) atoms. The van der Waals surface area contributed by atoms with E-state index in [1.807, 2.05) is 25.1 Å². The van der Waals surface area contributed by atoms with Crippen LogP contribution in [0.15, 0.2) is 42.0 Å². The van der Waals surface area contributed by atoms with Crippen molar-refractivity contribution in [1.29, 1.82) is 0 Å². The van der Waals surface area contributed by atoms with Crippen LogP contribution in [-0.4, -0.2) is 48.1 Å². The summed E-state index contributed by atoms with van der Waals surface area (Å²) in [5.41, 5.74) is 0.459. The molecular formula is C28H34O6. The third-order valence-corrected chi connectivity index (χ3v) is 10.1. The summed E-state index contributed by atoms with van der Waals surface area (Å²) in [6, 6.07) is 9.10. The van der Waals surface area contributed by atoms with E-state index >= 15 is 0 Å². The highest BCUT2D eigenvalue weighted by Crippen LogP contribution is 2.73. The first-order valence-corrected chi connectivity index (χ1v) is 12.7. The van der Waals surface area contributed by atoms with Gasteiger partial charge in [0.25, 0.3) is 0 Å². The maximum absolute atomic E-state index is 13.6. The number of ketones is 1. The van der Waals surface area contributed by atoms with Crippen molar-refractivity contribution in [2.45, 2.75) is 64.4 Å². The molecule has 1 aromatic carbocycles. The molecule has 1 heterocycles. The molecule has 6 heteroatoms. The van der Waals surface area contributed by atoms with Gasteiger partial charge in [-0.1, -0.05) is 37.6 Å². The van der Waals surface area contributed by atoms with Crippen molar-refractivity contribution in [1.82, 2.24) is 0 Å². The lowest BCUT2D eigenvalue weighted by Crippen LogP contribution is -2.62. The normalized spacial score (nSPS) is 44.4. The number of aliphatic hydroxyl groups excluding tert-OH is 1. The third-order valence-electron chi connectivity index (χ3n) is 10.1. The first kappa shape index (κ1) is 22.4. The number of carbonyl (C=O) groups is 2. The van der Waals surface area contributed by atoms with Gasteiger partial charge < -0.3 is 19.3 Å². The molecule has 2 spiro atoms. The van der Waals surface area contributed by atoms with Gasteiger partial charge in [-0.05, 0) is 67.6 Å². The monoisotopic (exact) mass is 466 g/mol. The van der Waals surface area contributed by atoms with Crippen molar-refractivity contribution in [3.05, 3.63) is 47.5 Å². The van der Waals surface area contributed by atoms with Crippen LogP contribution < -0.4 is 0 Å². The summed E-state index contributed by atoms with van der Waals surface area (Å²) >= 11 is 0. The van der Waals surface area contributed by atoms with Gasteiger partial charge in [-0.15, -0.1) is 0 Å². The Labute approximate surface area is 200 Å². The first-order valence-electron chi connectivity index (χ1n) is 12.7. The molecule has 6 nitrogen and oxygen atoms in total. The molecule has 3 saturated carbocycles. The molecule has 6 rings (SSSR count). The van der Waals surface area contributed by atoms with Crippen LogP contribution in [0.3, 0.4) is 0 Å². The van der Waals surface area contributed by atoms with Crippen LogP contribution in [0.4, 0.5) is 0 Å². The fourth-order valence-corrected chi connectivity index (χ4v) is 8.77. The second kappa shape index (κ2) is 7.49. The smallest absolute Gasteiger partial charge is 0.338 e. The second-order valence-electron chi connectivity index (χ2n) is 11.5. The van der Waals surface area contributed by atoms with Crippen LogP contribution in [0.2, 0.25) is 0 Å². The maximum atomic E-state index is 13.6. The molecule has 0 amide bonds. The maximum Gasteiger partial charge on any atom is 0.338 e. The number of ether oxygens (including phenoxy) is 3. The van der Waals surface area contributed by atoms with E-state index in [1.165, 1.54) is 0 Å². The highest BCUT2D eigenvalue weighted by molar-refractivity contribution is 6.00. The summed E-state index contributed by atoms with van der Waals surface area (Å²) < 4.78 is 18.5. The van der Waals surface area contributed by atoms with Gasteiger partial charge in [-0.3, -0.25) is 4.79 Å². The van der Waals surface area contributed by atoms with Crippen LogP contribution in [-0.2, 0) is 19.0 Å². The molecule has 5 aliphatic rings. The number of benzene rings is 1. The van der Waals surface area contributed by atoms with Crippen molar-refractivity contribution < 1.29 is 28.9 Å². The van der Waals surface area contributed by atoms with E-state index in [2.05, 4.69) is 13.8 Å². The zero-order valence-electron chi connectivity index (χ0n) is 20.2. The minimum absolute atomic E-state index is 0.0356. The van der Waals surface area contributed by atoms with Gasteiger partial charge in [0.2, 0.25) is 0 Å². The second-order valence-corrected chi connectivity index (χ2v) is 11.5. The van der Waals surface area contributed by atoms with E-state index in [1.54, 1.807) is 18.2 Å². The standard InChI is InChI=1S/C28H34O6/c1-16-13-22(29)28-21(15-27(24(16)28)32-11-12-33-27)26(3)10-9-20(17(2)19(26)14-23(28)30)34-25(31)18-7-5-4-6-8-18/h4-8,13,17,19-21,23-24,30H,9-12,14-15H2,1-3H3/t17?,19-,20+,21?,23-,24-,26?,28+/m1/s1. The number of allylic oxidation sites excluding steroid dienone is 1. The SMILES string of the molecule is CC1=CC(=O)[C@]23C(CC4(OCCO4)[C@@H]12)C1(C)CC[C@H](OC(=O)c2ccccc2)C(C)[C@H]1C[C@H]3O. The summed E-state index contributed by atoms with van der Waals surface area (Å²) in [4.78, 5) is 26.4. The van der Waals surface area contributed by atoms with Crippen LogP contribution >= 0.6 is 0 Å². The average molecular weight is 467 g/mol. The molecule has 1 saturated heterocycles. The van der Waals surface area contributed by atoms with Crippen molar-refractivity contribution in [2.75, 3.05) is 13.2 Å². The van der Waals surface area contributed by atoms with E-state index in [0.29, 0.717) is 31.6 Å². The molecule has 1 aromatic rings. The minimum atomic E-state index is -0.882. The first-order chi connectivity index (χ1) is 16.2. The van der Waals surface area contributed by atoms with E-state index in [4.69, 9.17) is 14.2 Å². The third kappa shape index (κ3) is 2.73. The molecule has 0 radical (unpaired) electrons.